The fourth-order valence-corrected chi connectivity index (χ4v) is 3.91. The molecule has 3 nitrogen and oxygen atoms in total. The van der Waals surface area contributed by atoms with Gasteiger partial charge in [0, 0.05) is 40.3 Å². The van der Waals surface area contributed by atoms with E-state index in [-0.39, 0.29) is 5.91 Å². The van der Waals surface area contributed by atoms with E-state index in [0.29, 0.717) is 5.92 Å². The van der Waals surface area contributed by atoms with Gasteiger partial charge in [0.1, 0.15) is 0 Å². The van der Waals surface area contributed by atoms with Gasteiger partial charge in [0.05, 0.1) is 0 Å². The quantitative estimate of drug-likeness (QED) is 0.668. The average molecular weight is 383 g/mol. The van der Waals surface area contributed by atoms with Gasteiger partial charge in [0.2, 0.25) is 0 Å². The van der Waals surface area contributed by atoms with E-state index >= 15 is 0 Å². The van der Waals surface area contributed by atoms with Crippen molar-refractivity contribution in [2.75, 3.05) is 13.1 Å². The summed E-state index contributed by atoms with van der Waals surface area (Å²) in [5.74, 6) is 0.635. The summed E-state index contributed by atoms with van der Waals surface area (Å²) in [4.78, 5) is 18.1. The summed E-state index contributed by atoms with van der Waals surface area (Å²) in [5.41, 5.74) is 3.25. The highest BCUT2D eigenvalue weighted by Crippen LogP contribution is 2.30. The van der Waals surface area contributed by atoms with Crippen molar-refractivity contribution in [3.05, 3.63) is 70.3 Å². The first-order valence-corrected chi connectivity index (χ1v) is 9.12. The van der Waals surface area contributed by atoms with Crippen molar-refractivity contribution < 1.29 is 4.79 Å². The summed E-state index contributed by atoms with van der Waals surface area (Å²) >= 11 is 3.44. The highest BCUT2D eigenvalue weighted by atomic mass is 79.9. The first-order chi connectivity index (χ1) is 11.7. The number of H-pyrrole nitrogens is 1. The van der Waals surface area contributed by atoms with Crippen LogP contribution in [0.2, 0.25) is 0 Å². The molecule has 1 N–H and O–H groups in total. The van der Waals surface area contributed by atoms with E-state index in [1.807, 2.05) is 29.2 Å². The Balaban J connectivity index is 1.45. The molecule has 0 spiro atoms. The van der Waals surface area contributed by atoms with Crippen LogP contribution < -0.4 is 0 Å². The number of rotatable bonds is 2. The molecule has 1 aromatic heterocycles. The Bertz CT molecular complexity index is 845. The highest BCUT2D eigenvalue weighted by Gasteiger charge is 2.25. The lowest BCUT2D eigenvalue weighted by Crippen LogP contribution is -2.38. The Labute approximate surface area is 149 Å². The van der Waals surface area contributed by atoms with Crippen molar-refractivity contribution in [2.24, 2.45) is 0 Å². The van der Waals surface area contributed by atoms with Crippen molar-refractivity contribution >= 4 is 32.7 Å². The first kappa shape index (κ1) is 15.5. The smallest absolute Gasteiger partial charge is 0.253 e. The zero-order valence-electron chi connectivity index (χ0n) is 13.3. The van der Waals surface area contributed by atoms with Crippen LogP contribution in [0, 0.1) is 0 Å². The third-order valence-corrected chi connectivity index (χ3v) is 5.34. The molecule has 1 aliphatic heterocycles. The molecule has 0 bridgehead atoms. The van der Waals surface area contributed by atoms with Gasteiger partial charge < -0.3 is 9.88 Å². The van der Waals surface area contributed by atoms with E-state index in [9.17, 15) is 4.79 Å². The summed E-state index contributed by atoms with van der Waals surface area (Å²) in [5, 5.41) is 1.26. The van der Waals surface area contributed by atoms with Crippen LogP contribution in [0.5, 0.6) is 0 Å². The maximum absolute atomic E-state index is 12.6. The van der Waals surface area contributed by atoms with Crippen LogP contribution in [0.1, 0.15) is 34.8 Å². The molecule has 0 radical (unpaired) electrons. The molecule has 2 heterocycles. The standard InChI is InChI=1S/C20H19BrN2O/c21-17-6-3-5-16(12-17)20(24)23-10-8-14(9-11-23)19-13-15-4-1-2-7-18(15)22-19/h1-7,12-14,22H,8-11H2. The molecule has 4 heteroatoms. The van der Waals surface area contributed by atoms with Crippen molar-refractivity contribution in [1.29, 1.82) is 0 Å². The second kappa shape index (κ2) is 6.44. The van der Waals surface area contributed by atoms with E-state index in [4.69, 9.17) is 0 Å². The Morgan fingerprint density at radius 1 is 1.04 bits per heavy atom. The number of fused-ring (bicyclic) bond motifs is 1. The zero-order valence-corrected chi connectivity index (χ0v) is 14.9. The molecule has 2 aromatic carbocycles. The normalized spacial score (nSPS) is 15.8. The number of amides is 1. The summed E-state index contributed by atoms with van der Waals surface area (Å²) < 4.78 is 0.946. The predicted molar refractivity (Wildman–Crippen MR) is 100 cm³/mol. The van der Waals surface area contributed by atoms with Crippen molar-refractivity contribution in [3.63, 3.8) is 0 Å². The molecule has 1 saturated heterocycles. The molecule has 24 heavy (non-hydrogen) atoms. The molecule has 1 fully saturated rings. The van der Waals surface area contributed by atoms with Gasteiger partial charge in [0.25, 0.3) is 5.91 Å². The van der Waals surface area contributed by atoms with E-state index in [1.54, 1.807) is 0 Å². The lowest BCUT2D eigenvalue weighted by atomic mass is 9.93. The van der Waals surface area contributed by atoms with Crippen molar-refractivity contribution in [2.45, 2.75) is 18.8 Å². The molecular formula is C20H19BrN2O. The van der Waals surface area contributed by atoms with E-state index in [2.05, 4.69) is 51.2 Å². The van der Waals surface area contributed by atoms with E-state index < -0.39 is 0 Å². The minimum absolute atomic E-state index is 0.131. The molecular weight excluding hydrogens is 364 g/mol. The maximum Gasteiger partial charge on any atom is 0.253 e. The number of nitrogens with one attached hydrogen (secondary N) is 1. The second-order valence-corrected chi connectivity index (χ2v) is 7.30. The fourth-order valence-electron chi connectivity index (χ4n) is 3.51. The lowest BCUT2D eigenvalue weighted by Gasteiger charge is -2.31. The number of nitrogens with zero attached hydrogens (tertiary/aromatic N) is 1. The largest absolute Gasteiger partial charge is 0.358 e. The summed E-state index contributed by atoms with van der Waals surface area (Å²) in [6.45, 7) is 1.62. The number of benzene rings is 2. The molecule has 0 atom stereocenters. The molecule has 1 aliphatic rings. The van der Waals surface area contributed by atoms with Gasteiger partial charge in [-0.1, -0.05) is 40.2 Å². The third-order valence-electron chi connectivity index (χ3n) is 4.84. The van der Waals surface area contributed by atoms with Gasteiger partial charge in [0.15, 0.2) is 0 Å². The van der Waals surface area contributed by atoms with E-state index in [1.165, 1.54) is 16.6 Å². The van der Waals surface area contributed by atoms with Crippen molar-refractivity contribution in [1.82, 2.24) is 9.88 Å². The predicted octanol–water partition coefficient (Wildman–Crippen LogP) is 4.95. The summed E-state index contributed by atoms with van der Waals surface area (Å²) in [6, 6.07) is 18.3. The second-order valence-electron chi connectivity index (χ2n) is 6.39. The van der Waals surface area contributed by atoms with Gasteiger partial charge in [-0.15, -0.1) is 0 Å². The number of hydrogen-bond donors (Lipinski definition) is 1. The summed E-state index contributed by atoms with van der Waals surface area (Å²) in [7, 11) is 0. The Hall–Kier alpha value is -2.07. The van der Waals surface area contributed by atoms with Crippen molar-refractivity contribution in [3.8, 4) is 0 Å². The minimum Gasteiger partial charge on any atom is -0.358 e. The van der Waals surface area contributed by atoms with Crippen LogP contribution in [-0.2, 0) is 0 Å². The van der Waals surface area contributed by atoms with Crippen LogP contribution in [0.3, 0.4) is 0 Å². The van der Waals surface area contributed by atoms with Gasteiger partial charge in [-0.2, -0.15) is 0 Å². The molecule has 122 valence electrons. The topological polar surface area (TPSA) is 36.1 Å². The SMILES string of the molecule is O=C(c1cccc(Br)c1)N1CCC(c2cc3ccccc3[nH]2)CC1. The van der Waals surface area contributed by atoms with E-state index in [0.717, 1.165) is 36.0 Å². The van der Waals surface area contributed by atoms with Crippen LogP contribution in [0.4, 0.5) is 0 Å². The van der Waals surface area contributed by atoms with Gasteiger partial charge in [-0.05, 0) is 48.6 Å². The third kappa shape index (κ3) is 2.98. The number of para-hydroxylation sites is 1. The molecule has 4 rings (SSSR count). The number of likely N-dealkylation sites (tertiary alicyclic amines) is 1. The molecule has 3 aromatic rings. The summed E-state index contributed by atoms with van der Waals surface area (Å²) in [6.07, 6.45) is 2.01. The number of aromatic nitrogens is 1. The molecule has 0 saturated carbocycles. The monoisotopic (exact) mass is 382 g/mol. The number of carbonyl (C=O) groups is 1. The molecule has 0 unspecified atom stereocenters. The molecule has 0 aliphatic carbocycles. The Morgan fingerprint density at radius 3 is 2.58 bits per heavy atom. The molecule has 1 amide bonds. The van der Waals surface area contributed by atoms with Gasteiger partial charge >= 0.3 is 0 Å². The highest BCUT2D eigenvalue weighted by molar-refractivity contribution is 9.10. The first-order valence-electron chi connectivity index (χ1n) is 8.33. The van der Waals surface area contributed by atoms with Crippen LogP contribution in [0.15, 0.2) is 59.1 Å². The Kier molecular flexibility index (Phi) is 4.15. The number of halogens is 1. The van der Waals surface area contributed by atoms with Crippen LogP contribution >= 0.6 is 15.9 Å². The van der Waals surface area contributed by atoms with Crippen LogP contribution in [0.25, 0.3) is 10.9 Å². The number of carbonyl (C=O) groups excluding carboxylic acids is 1. The Morgan fingerprint density at radius 2 is 1.83 bits per heavy atom. The fraction of sp³-hybridized carbons (Fsp3) is 0.250. The van der Waals surface area contributed by atoms with Crippen LogP contribution in [-0.4, -0.2) is 28.9 Å². The maximum atomic E-state index is 12.6. The number of piperidine rings is 1. The minimum atomic E-state index is 0.131. The lowest BCUT2D eigenvalue weighted by molar-refractivity contribution is 0.0712. The average Bonchev–Trinajstić information content (AvgIpc) is 3.05. The van der Waals surface area contributed by atoms with Gasteiger partial charge in [-0.25, -0.2) is 0 Å². The number of hydrogen-bond acceptors (Lipinski definition) is 1. The number of aromatic amines is 1. The zero-order chi connectivity index (χ0) is 16.5. The van der Waals surface area contributed by atoms with Gasteiger partial charge in [-0.3, -0.25) is 4.79 Å².